The fourth-order valence-corrected chi connectivity index (χ4v) is 1.42. The summed E-state index contributed by atoms with van der Waals surface area (Å²) in [7, 11) is 0. The molecule has 0 aliphatic carbocycles. The van der Waals surface area contributed by atoms with Crippen molar-refractivity contribution in [1.82, 2.24) is 4.98 Å². The molecule has 0 atom stereocenters. The maximum Gasteiger partial charge on any atom is 0.192 e. The van der Waals surface area contributed by atoms with Crippen LogP contribution >= 0.6 is 0 Å². The van der Waals surface area contributed by atoms with E-state index in [4.69, 9.17) is 4.42 Å². The molecule has 0 spiro atoms. The van der Waals surface area contributed by atoms with E-state index in [1.807, 2.05) is 13.0 Å². The van der Waals surface area contributed by atoms with Crippen molar-refractivity contribution in [3.8, 4) is 0 Å². The minimum Gasteiger partial charge on any atom is -0.441 e. The molecule has 0 fully saturated rings. The number of fused-ring (bicyclic) bond motifs is 1. The number of hydrogen-bond acceptors (Lipinski definition) is 2. The Labute approximate surface area is 78.0 Å². The standard InChI is InChI=1S/C10H12BNO/c1-7-12-9-6-8(11(2)3)4-5-10(9)13-7/h4-6H,1-3H3. The summed E-state index contributed by atoms with van der Waals surface area (Å²) in [5.74, 6) is 0.732. The second-order valence-electron chi connectivity index (χ2n) is 3.61. The molecule has 2 nitrogen and oxygen atoms in total. The Morgan fingerprint density at radius 3 is 2.77 bits per heavy atom. The van der Waals surface area contributed by atoms with Gasteiger partial charge in [0.15, 0.2) is 18.2 Å². The van der Waals surface area contributed by atoms with Crippen molar-refractivity contribution in [2.24, 2.45) is 0 Å². The third-order valence-electron chi connectivity index (χ3n) is 2.19. The highest BCUT2D eigenvalue weighted by atomic mass is 16.3. The van der Waals surface area contributed by atoms with Crippen LogP contribution in [0.5, 0.6) is 0 Å². The van der Waals surface area contributed by atoms with Crippen LogP contribution in [0.25, 0.3) is 11.1 Å². The molecule has 0 bridgehead atoms. The van der Waals surface area contributed by atoms with E-state index in [-0.39, 0.29) is 0 Å². The lowest BCUT2D eigenvalue weighted by Crippen LogP contribution is -2.21. The maximum absolute atomic E-state index is 5.39. The summed E-state index contributed by atoms with van der Waals surface area (Å²) in [6, 6.07) is 6.18. The zero-order valence-electron chi connectivity index (χ0n) is 8.16. The Bertz CT molecular complexity index is 433. The van der Waals surface area contributed by atoms with E-state index >= 15 is 0 Å². The van der Waals surface area contributed by atoms with Crippen LogP contribution in [0.1, 0.15) is 5.89 Å². The fraction of sp³-hybridized carbons (Fsp3) is 0.300. The van der Waals surface area contributed by atoms with Crippen molar-refractivity contribution in [2.45, 2.75) is 20.6 Å². The van der Waals surface area contributed by atoms with E-state index < -0.39 is 0 Å². The van der Waals surface area contributed by atoms with E-state index in [0.29, 0.717) is 6.71 Å². The fourth-order valence-electron chi connectivity index (χ4n) is 1.42. The molecular weight excluding hydrogens is 161 g/mol. The molecule has 0 radical (unpaired) electrons. The SMILES string of the molecule is CB(C)c1ccc2oc(C)nc2c1. The second-order valence-corrected chi connectivity index (χ2v) is 3.61. The summed E-state index contributed by atoms with van der Waals surface area (Å²) >= 11 is 0. The van der Waals surface area contributed by atoms with Gasteiger partial charge in [0, 0.05) is 6.92 Å². The van der Waals surface area contributed by atoms with Gasteiger partial charge in [-0.05, 0) is 12.1 Å². The molecule has 0 saturated heterocycles. The lowest BCUT2D eigenvalue weighted by molar-refractivity contribution is 0.561. The predicted octanol–water partition coefficient (Wildman–Crippen LogP) is 2.10. The first-order chi connectivity index (χ1) is 6.16. The van der Waals surface area contributed by atoms with Gasteiger partial charge in [0.05, 0.1) is 0 Å². The van der Waals surface area contributed by atoms with Gasteiger partial charge in [-0.2, -0.15) is 0 Å². The first-order valence-corrected chi connectivity index (χ1v) is 4.54. The Balaban J connectivity index is 2.61. The van der Waals surface area contributed by atoms with Crippen LogP contribution in [0.3, 0.4) is 0 Å². The number of hydrogen-bond donors (Lipinski definition) is 0. The first-order valence-electron chi connectivity index (χ1n) is 4.54. The molecule has 2 aromatic rings. The van der Waals surface area contributed by atoms with E-state index in [9.17, 15) is 0 Å². The summed E-state index contributed by atoms with van der Waals surface area (Å²) in [6.07, 6.45) is 0. The number of nitrogens with zero attached hydrogens (tertiary/aromatic N) is 1. The molecule has 1 aromatic heterocycles. The lowest BCUT2D eigenvalue weighted by atomic mass is 9.49. The van der Waals surface area contributed by atoms with Gasteiger partial charge in [0.1, 0.15) is 5.52 Å². The zero-order chi connectivity index (χ0) is 9.42. The summed E-state index contributed by atoms with van der Waals surface area (Å²) in [5, 5.41) is 0. The highest BCUT2D eigenvalue weighted by Crippen LogP contribution is 2.12. The summed E-state index contributed by atoms with van der Waals surface area (Å²) in [4.78, 5) is 4.29. The van der Waals surface area contributed by atoms with Crippen LogP contribution in [0.15, 0.2) is 22.6 Å². The van der Waals surface area contributed by atoms with Crippen molar-refractivity contribution >= 4 is 23.3 Å². The van der Waals surface area contributed by atoms with Crippen LogP contribution in [0.4, 0.5) is 0 Å². The smallest absolute Gasteiger partial charge is 0.192 e. The van der Waals surface area contributed by atoms with Crippen molar-refractivity contribution < 1.29 is 4.42 Å². The normalized spacial score (nSPS) is 10.7. The molecule has 2 rings (SSSR count). The van der Waals surface area contributed by atoms with Crippen LogP contribution in [0.2, 0.25) is 13.6 Å². The molecule has 0 aliphatic rings. The molecule has 0 saturated carbocycles. The van der Waals surface area contributed by atoms with E-state index in [0.717, 1.165) is 17.0 Å². The van der Waals surface area contributed by atoms with Crippen LogP contribution in [-0.2, 0) is 0 Å². The number of oxazole rings is 1. The highest BCUT2D eigenvalue weighted by molar-refractivity contribution is 6.70. The summed E-state index contributed by atoms with van der Waals surface area (Å²) in [5.41, 5.74) is 3.14. The summed E-state index contributed by atoms with van der Waals surface area (Å²) in [6.45, 7) is 6.76. The van der Waals surface area contributed by atoms with Gasteiger partial charge in [0.25, 0.3) is 0 Å². The Hall–Kier alpha value is -1.25. The number of benzene rings is 1. The number of rotatable bonds is 1. The molecule has 0 unspecified atom stereocenters. The molecule has 3 heteroatoms. The maximum atomic E-state index is 5.39. The zero-order valence-corrected chi connectivity index (χ0v) is 8.16. The van der Waals surface area contributed by atoms with Gasteiger partial charge >= 0.3 is 0 Å². The average molecular weight is 173 g/mol. The van der Waals surface area contributed by atoms with Crippen molar-refractivity contribution in [1.29, 1.82) is 0 Å². The third kappa shape index (κ3) is 1.46. The first kappa shape index (κ1) is 8.36. The molecule has 0 amide bonds. The van der Waals surface area contributed by atoms with Gasteiger partial charge in [-0.15, -0.1) is 0 Å². The molecule has 1 aromatic carbocycles. The largest absolute Gasteiger partial charge is 0.441 e. The third-order valence-corrected chi connectivity index (χ3v) is 2.19. The van der Waals surface area contributed by atoms with Crippen LogP contribution in [0, 0.1) is 6.92 Å². The van der Waals surface area contributed by atoms with Crippen LogP contribution < -0.4 is 5.46 Å². The Morgan fingerprint density at radius 1 is 1.31 bits per heavy atom. The Kier molecular flexibility index (Phi) is 1.87. The van der Waals surface area contributed by atoms with E-state index in [2.05, 4.69) is 30.8 Å². The monoisotopic (exact) mass is 173 g/mol. The van der Waals surface area contributed by atoms with Crippen molar-refractivity contribution in [3.63, 3.8) is 0 Å². The number of aromatic nitrogens is 1. The molecule has 13 heavy (non-hydrogen) atoms. The van der Waals surface area contributed by atoms with Gasteiger partial charge < -0.3 is 4.42 Å². The minimum absolute atomic E-state index is 0.543. The molecule has 66 valence electrons. The van der Waals surface area contributed by atoms with Crippen LogP contribution in [-0.4, -0.2) is 11.7 Å². The van der Waals surface area contributed by atoms with Gasteiger partial charge in [-0.3, -0.25) is 0 Å². The van der Waals surface area contributed by atoms with Crippen molar-refractivity contribution in [3.05, 3.63) is 24.1 Å². The topological polar surface area (TPSA) is 26.0 Å². The van der Waals surface area contributed by atoms with Gasteiger partial charge in [-0.25, -0.2) is 4.98 Å². The molecule has 0 N–H and O–H groups in total. The van der Waals surface area contributed by atoms with E-state index in [1.54, 1.807) is 0 Å². The molecular formula is C10H12BNO. The quantitative estimate of drug-likeness (QED) is 0.617. The average Bonchev–Trinajstić information content (AvgIpc) is 2.42. The minimum atomic E-state index is 0.543. The Morgan fingerprint density at radius 2 is 2.08 bits per heavy atom. The summed E-state index contributed by atoms with van der Waals surface area (Å²) < 4.78 is 5.39. The highest BCUT2D eigenvalue weighted by Gasteiger charge is 2.06. The predicted molar refractivity (Wildman–Crippen MR) is 55.9 cm³/mol. The molecule has 1 heterocycles. The molecule has 0 aliphatic heterocycles. The van der Waals surface area contributed by atoms with E-state index in [1.165, 1.54) is 5.46 Å². The van der Waals surface area contributed by atoms with Gasteiger partial charge in [-0.1, -0.05) is 25.2 Å². The number of aryl methyl sites for hydroxylation is 1. The second kappa shape index (κ2) is 2.91. The van der Waals surface area contributed by atoms with Gasteiger partial charge in [0.2, 0.25) is 0 Å². The van der Waals surface area contributed by atoms with Crippen molar-refractivity contribution in [2.75, 3.05) is 0 Å². The lowest BCUT2D eigenvalue weighted by Gasteiger charge is -1.99.